The summed E-state index contributed by atoms with van der Waals surface area (Å²) in [5.74, 6) is -0.683. The van der Waals surface area contributed by atoms with Gasteiger partial charge in [0.25, 0.3) is 0 Å². The maximum atomic E-state index is 10.2. The maximum absolute atomic E-state index is 10.2. The third kappa shape index (κ3) is 13.4. The highest BCUT2D eigenvalue weighted by atomic mass is 16.5. The molecule has 0 aromatic heterocycles. The van der Waals surface area contributed by atoms with Gasteiger partial charge in [-0.1, -0.05) is 32.6 Å². The van der Waals surface area contributed by atoms with E-state index >= 15 is 0 Å². The van der Waals surface area contributed by atoms with Crippen LogP contribution in [0.2, 0.25) is 0 Å². The summed E-state index contributed by atoms with van der Waals surface area (Å²) in [6.07, 6.45) is 7.89. The Morgan fingerprint density at radius 2 is 1.60 bits per heavy atom. The molecule has 0 rings (SSSR count). The molecule has 0 spiro atoms. The summed E-state index contributed by atoms with van der Waals surface area (Å²) in [6.45, 7) is 3.90. The molecule has 3 heteroatoms. The van der Waals surface area contributed by atoms with E-state index in [2.05, 4.69) is 6.92 Å². The number of aliphatic carboxylic acids is 1. The Kier molecular flexibility index (Phi) is 11.1. The number of carboxylic acids is 1. The van der Waals surface area contributed by atoms with Crippen LogP contribution in [0.3, 0.4) is 0 Å². The second kappa shape index (κ2) is 11.5. The quantitative estimate of drug-likeness (QED) is 0.539. The van der Waals surface area contributed by atoms with Gasteiger partial charge in [0, 0.05) is 19.6 Å². The van der Waals surface area contributed by atoms with Crippen LogP contribution in [0.15, 0.2) is 0 Å². The number of unbranched alkanes of at least 4 members (excludes halogenated alkanes) is 5. The monoisotopic (exact) mass is 216 g/mol. The van der Waals surface area contributed by atoms with E-state index in [0.717, 1.165) is 51.7 Å². The van der Waals surface area contributed by atoms with Gasteiger partial charge in [-0.3, -0.25) is 4.79 Å². The Hall–Kier alpha value is -0.570. The third-order valence-corrected chi connectivity index (χ3v) is 2.32. The van der Waals surface area contributed by atoms with Crippen molar-refractivity contribution in [2.24, 2.45) is 0 Å². The van der Waals surface area contributed by atoms with Crippen molar-refractivity contribution in [3.05, 3.63) is 0 Å². The van der Waals surface area contributed by atoms with Crippen LogP contribution in [-0.4, -0.2) is 24.3 Å². The lowest BCUT2D eigenvalue weighted by atomic mass is 10.1. The molecule has 0 aliphatic rings. The lowest BCUT2D eigenvalue weighted by Gasteiger charge is -2.02. The molecule has 15 heavy (non-hydrogen) atoms. The average Bonchev–Trinajstić information content (AvgIpc) is 2.20. The van der Waals surface area contributed by atoms with Gasteiger partial charge >= 0.3 is 5.97 Å². The summed E-state index contributed by atoms with van der Waals surface area (Å²) in [6, 6.07) is 0. The van der Waals surface area contributed by atoms with Crippen LogP contribution in [0.25, 0.3) is 0 Å². The van der Waals surface area contributed by atoms with Crippen molar-refractivity contribution in [1.82, 2.24) is 0 Å². The van der Waals surface area contributed by atoms with E-state index in [0.29, 0.717) is 6.42 Å². The Morgan fingerprint density at radius 3 is 2.27 bits per heavy atom. The summed E-state index contributed by atoms with van der Waals surface area (Å²) in [4.78, 5) is 10.2. The zero-order valence-corrected chi connectivity index (χ0v) is 9.83. The van der Waals surface area contributed by atoms with Crippen molar-refractivity contribution < 1.29 is 14.6 Å². The molecule has 0 bridgehead atoms. The predicted molar refractivity (Wildman–Crippen MR) is 61.1 cm³/mol. The van der Waals surface area contributed by atoms with E-state index in [1.807, 2.05) is 0 Å². The summed E-state index contributed by atoms with van der Waals surface area (Å²) >= 11 is 0. The summed E-state index contributed by atoms with van der Waals surface area (Å²) in [7, 11) is 0. The second-order valence-electron chi connectivity index (χ2n) is 3.88. The van der Waals surface area contributed by atoms with E-state index < -0.39 is 5.97 Å². The molecule has 90 valence electrons. The van der Waals surface area contributed by atoms with Gasteiger partial charge in [0.2, 0.25) is 0 Å². The minimum Gasteiger partial charge on any atom is -0.481 e. The van der Waals surface area contributed by atoms with Crippen LogP contribution in [0.4, 0.5) is 0 Å². The van der Waals surface area contributed by atoms with Crippen molar-refractivity contribution in [1.29, 1.82) is 0 Å². The van der Waals surface area contributed by atoms with Gasteiger partial charge in [0.1, 0.15) is 0 Å². The van der Waals surface area contributed by atoms with Crippen LogP contribution >= 0.6 is 0 Å². The van der Waals surface area contributed by atoms with Crippen molar-refractivity contribution in [2.45, 2.75) is 58.3 Å². The van der Waals surface area contributed by atoms with Gasteiger partial charge in [-0.2, -0.15) is 0 Å². The standard InChI is InChI=1S/C12H24O3/c1-2-3-10-15-11-8-6-4-5-7-9-12(13)14/h2-11H2,1H3,(H,13,14). The molecule has 0 saturated heterocycles. The molecule has 0 aliphatic heterocycles. The van der Waals surface area contributed by atoms with Gasteiger partial charge in [-0.15, -0.1) is 0 Å². The Balaban J connectivity index is 2.89. The minimum absolute atomic E-state index is 0.312. The Bertz CT molecular complexity index is 146. The van der Waals surface area contributed by atoms with E-state index in [1.54, 1.807) is 0 Å². The molecule has 0 aliphatic carbocycles. The van der Waals surface area contributed by atoms with Crippen molar-refractivity contribution >= 4 is 5.97 Å². The number of carbonyl (C=O) groups is 1. The molecule has 0 aromatic rings. The molecule has 0 amide bonds. The third-order valence-electron chi connectivity index (χ3n) is 2.32. The molecule has 0 atom stereocenters. The normalized spacial score (nSPS) is 10.5. The fourth-order valence-corrected chi connectivity index (χ4v) is 1.36. The minimum atomic E-state index is -0.683. The molecule has 0 heterocycles. The van der Waals surface area contributed by atoms with Gasteiger partial charge in [0.05, 0.1) is 0 Å². The fraction of sp³-hybridized carbons (Fsp3) is 0.917. The topological polar surface area (TPSA) is 46.5 Å². The van der Waals surface area contributed by atoms with E-state index in [4.69, 9.17) is 9.84 Å². The number of hydrogen-bond donors (Lipinski definition) is 1. The first-order valence-electron chi connectivity index (χ1n) is 6.07. The van der Waals surface area contributed by atoms with Crippen LogP contribution in [-0.2, 0) is 9.53 Å². The summed E-state index contributed by atoms with van der Waals surface area (Å²) < 4.78 is 5.42. The SMILES string of the molecule is CCCCOCCCCCCCC(=O)O. The van der Waals surface area contributed by atoms with Crippen LogP contribution < -0.4 is 0 Å². The molecule has 0 fully saturated rings. The molecule has 0 unspecified atom stereocenters. The van der Waals surface area contributed by atoms with Gasteiger partial charge in [-0.25, -0.2) is 0 Å². The van der Waals surface area contributed by atoms with Crippen molar-refractivity contribution in [3.8, 4) is 0 Å². The Morgan fingerprint density at radius 1 is 1.00 bits per heavy atom. The lowest BCUT2D eigenvalue weighted by molar-refractivity contribution is -0.137. The second-order valence-corrected chi connectivity index (χ2v) is 3.88. The van der Waals surface area contributed by atoms with E-state index in [9.17, 15) is 4.79 Å². The molecule has 0 aromatic carbocycles. The summed E-state index contributed by atoms with van der Waals surface area (Å²) in [5.41, 5.74) is 0. The zero-order valence-electron chi connectivity index (χ0n) is 9.83. The average molecular weight is 216 g/mol. The first-order chi connectivity index (χ1) is 7.27. The summed E-state index contributed by atoms with van der Waals surface area (Å²) in [5, 5.41) is 8.42. The highest BCUT2D eigenvalue weighted by molar-refractivity contribution is 5.66. The number of rotatable bonds is 11. The number of carboxylic acid groups (broad SMARTS) is 1. The Labute approximate surface area is 92.8 Å². The largest absolute Gasteiger partial charge is 0.481 e. The fourth-order valence-electron chi connectivity index (χ4n) is 1.36. The maximum Gasteiger partial charge on any atom is 0.303 e. The molecule has 0 saturated carbocycles. The first-order valence-corrected chi connectivity index (χ1v) is 6.07. The zero-order chi connectivity index (χ0) is 11.4. The molecule has 0 radical (unpaired) electrons. The van der Waals surface area contributed by atoms with E-state index in [1.165, 1.54) is 6.42 Å². The van der Waals surface area contributed by atoms with Crippen LogP contribution in [0.1, 0.15) is 58.3 Å². The van der Waals surface area contributed by atoms with Crippen LogP contribution in [0, 0.1) is 0 Å². The van der Waals surface area contributed by atoms with Crippen molar-refractivity contribution in [3.63, 3.8) is 0 Å². The molecular weight excluding hydrogens is 192 g/mol. The highest BCUT2D eigenvalue weighted by Crippen LogP contribution is 2.05. The number of ether oxygens (including phenoxy) is 1. The molecular formula is C12H24O3. The highest BCUT2D eigenvalue weighted by Gasteiger charge is 1.96. The van der Waals surface area contributed by atoms with E-state index in [-0.39, 0.29) is 0 Å². The molecule has 1 N–H and O–H groups in total. The first kappa shape index (κ1) is 14.4. The number of hydrogen-bond acceptors (Lipinski definition) is 2. The lowest BCUT2D eigenvalue weighted by Crippen LogP contribution is -1.97. The van der Waals surface area contributed by atoms with Crippen LogP contribution in [0.5, 0.6) is 0 Å². The molecule has 3 nitrogen and oxygen atoms in total. The van der Waals surface area contributed by atoms with Crippen molar-refractivity contribution in [2.75, 3.05) is 13.2 Å². The van der Waals surface area contributed by atoms with Gasteiger partial charge < -0.3 is 9.84 Å². The predicted octanol–water partition coefficient (Wildman–Crippen LogP) is 3.23. The van der Waals surface area contributed by atoms with Gasteiger partial charge in [0.15, 0.2) is 0 Å². The smallest absolute Gasteiger partial charge is 0.303 e. The van der Waals surface area contributed by atoms with Gasteiger partial charge in [-0.05, 0) is 19.3 Å².